The predicted octanol–water partition coefficient (Wildman–Crippen LogP) is 2.99. The van der Waals surface area contributed by atoms with Crippen LogP contribution >= 0.6 is 0 Å². The molecule has 104 valence electrons. The molecule has 0 atom stereocenters. The Balaban J connectivity index is 2.89. The fraction of sp³-hybridized carbons (Fsp3) is 1.00. The Kier molecular flexibility index (Phi) is 13.8. The first-order valence-corrected chi connectivity index (χ1v) is 7.16. The van der Waals surface area contributed by atoms with Gasteiger partial charge in [0.05, 0.1) is 19.8 Å². The minimum Gasteiger partial charge on any atom is -0.379 e. The average Bonchev–Trinajstić information content (AvgIpc) is 2.30. The van der Waals surface area contributed by atoms with E-state index < -0.39 is 0 Å². The van der Waals surface area contributed by atoms with Gasteiger partial charge in [0.15, 0.2) is 0 Å². The minimum absolute atomic E-state index is 0.540. The summed E-state index contributed by atoms with van der Waals surface area (Å²) in [4.78, 5) is 0. The molecule has 0 radical (unpaired) electrons. The third-order valence-corrected chi connectivity index (χ3v) is 2.56. The maximum Gasteiger partial charge on any atom is 0.0701 e. The molecule has 1 N–H and O–H groups in total. The monoisotopic (exact) mass is 245 g/mol. The van der Waals surface area contributed by atoms with Gasteiger partial charge in [-0.25, -0.2) is 0 Å². The van der Waals surface area contributed by atoms with Gasteiger partial charge in [-0.1, -0.05) is 46.5 Å². The molecule has 0 heterocycles. The number of nitrogens with one attached hydrogen (secondary N) is 1. The van der Waals surface area contributed by atoms with Crippen LogP contribution in [0.5, 0.6) is 0 Å². The standard InChI is InChI=1S/C14H31NO2/c1-4-5-6-7-8-10-16-12-13-17-11-9-15-14(2)3/h14-15H,4-13H2,1-3H3. The summed E-state index contributed by atoms with van der Waals surface area (Å²) < 4.78 is 10.9. The van der Waals surface area contributed by atoms with Crippen molar-refractivity contribution in [1.29, 1.82) is 0 Å². The third-order valence-electron chi connectivity index (χ3n) is 2.56. The topological polar surface area (TPSA) is 30.5 Å². The van der Waals surface area contributed by atoms with Crippen molar-refractivity contribution in [2.75, 3.05) is 33.0 Å². The quantitative estimate of drug-likeness (QED) is 0.506. The second-order valence-electron chi connectivity index (χ2n) is 4.75. The molecule has 3 nitrogen and oxygen atoms in total. The van der Waals surface area contributed by atoms with Crippen LogP contribution in [-0.4, -0.2) is 39.0 Å². The van der Waals surface area contributed by atoms with Gasteiger partial charge in [0.25, 0.3) is 0 Å². The number of hydrogen-bond acceptors (Lipinski definition) is 3. The number of unbranched alkanes of at least 4 members (excludes halogenated alkanes) is 4. The van der Waals surface area contributed by atoms with Gasteiger partial charge in [0.1, 0.15) is 0 Å². The SMILES string of the molecule is CCCCCCCOCCOCCNC(C)C. The first-order valence-electron chi connectivity index (χ1n) is 7.16. The van der Waals surface area contributed by atoms with Crippen LogP contribution in [-0.2, 0) is 9.47 Å². The lowest BCUT2D eigenvalue weighted by atomic mass is 10.2. The molecular weight excluding hydrogens is 214 g/mol. The molecule has 0 aliphatic carbocycles. The van der Waals surface area contributed by atoms with Gasteiger partial charge < -0.3 is 14.8 Å². The smallest absolute Gasteiger partial charge is 0.0701 e. The van der Waals surface area contributed by atoms with Gasteiger partial charge in [-0.05, 0) is 6.42 Å². The van der Waals surface area contributed by atoms with Crippen LogP contribution in [0.25, 0.3) is 0 Å². The summed E-state index contributed by atoms with van der Waals surface area (Å²) in [5.41, 5.74) is 0. The second kappa shape index (κ2) is 13.9. The zero-order chi connectivity index (χ0) is 12.8. The Morgan fingerprint density at radius 2 is 1.47 bits per heavy atom. The van der Waals surface area contributed by atoms with E-state index in [2.05, 4.69) is 26.1 Å². The highest BCUT2D eigenvalue weighted by Crippen LogP contribution is 2.02. The van der Waals surface area contributed by atoms with Crippen molar-refractivity contribution in [3.63, 3.8) is 0 Å². The molecule has 0 aromatic heterocycles. The number of hydrogen-bond donors (Lipinski definition) is 1. The molecule has 0 aromatic rings. The second-order valence-corrected chi connectivity index (χ2v) is 4.75. The molecule has 0 aliphatic heterocycles. The lowest BCUT2D eigenvalue weighted by molar-refractivity contribution is 0.0469. The fourth-order valence-electron chi connectivity index (χ4n) is 1.55. The third kappa shape index (κ3) is 15.9. The van der Waals surface area contributed by atoms with E-state index in [1.54, 1.807) is 0 Å². The zero-order valence-corrected chi connectivity index (χ0v) is 12.0. The van der Waals surface area contributed by atoms with Crippen molar-refractivity contribution in [1.82, 2.24) is 5.32 Å². The molecule has 0 aliphatic rings. The molecule has 0 saturated heterocycles. The number of rotatable bonds is 13. The van der Waals surface area contributed by atoms with Crippen LogP contribution in [0.15, 0.2) is 0 Å². The van der Waals surface area contributed by atoms with E-state index in [9.17, 15) is 0 Å². The Morgan fingerprint density at radius 3 is 2.12 bits per heavy atom. The van der Waals surface area contributed by atoms with Crippen LogP contribution in [0, 0.1) is 0 Å². The first-order chi connectivity index (χ1) is 8.27. The summed E-state index contributed by atoms with van der Waals surface area (Å²) in [6.45, 7) is 10.6. The Bertz CT molecular complexity index is 140. The van der Waals surface area contributed by atoms with Crippen molar-refractivity contribution < 1.29 is 9.47 Å². The molecule has 0 unspecified atom stereocenters. The van der Waals surface area contributed by atoms with Crippen molar-refractivity contribution in [3.05, 3.63) is 0 Å². The molecule has 0 rings (SSSR count). The van der Waals surface area contributed by atoms with E-state index >= 15 is 0 Å². The summed E-state index contributed by atoms with van der Waals surface area (Å²) >= 11 is 0. The van der Waals surface area contributed by atoms with Crippen molar-refractivity contribution in [2.45, 2.75) is 58.9 Å². The lowest BCUT2D eigenvalue weighted by Crippen LogP contribution is -2.27. The molecule has 0 bridgehead atoms. The van der Waals surface area contributed by atoms with E-state index in [0.717, 1.165) is 26.4 Å². The summed E-state index contributed by atoms with van der Waals surface area (Å²) in [6, 6.07) is 0.540. The average molecular weight is 245 g/mol. The van der Waals surface area contributed by atoms with Gasteiger partial charge in [0.2, 0.25) is 0 Å². The van der Waals surface area contributed by atoms with Gasteiger partial charge in [-0.2, -0.15) is 0 Å². The maximum atomic E-state index is 5.50. The molecule has 0 fully saturated rings. The first kappa shape index (κ1) is 16.9. The Hall–Kier alpha value is -0.120. The summed E-state index contributed by atoms with van der Waals surface area (Å²) in [5.74, 6) is 0. The molecule has 0 saturated carbocycles. The van der Waals surface area contributed by atoms with E-state index in [4.69, 9.17) is 9.47 Å². The van der Waals surface area contributed by atoms with Crippen molar-refractivity contribution >= 4 is 0 Å². The van der Waals surface area contributed by atoms with E-state index in [0.29, 0.717) is 12.6 Å². The summed E-state index contributed by atoms with van der Waals surface area (Å²) in [7, 11) is 0. The Morgan fingerprint density at radius 1 is 0.824 bits per heavy atom. The van der Waals surface area contributed by atoms with Gasteiger partial charge >= 0.3 is 0 Å². The molecular formula is C14H31NO2. The normalized spacial score (nSPS) is 11.3. The minimum atomic E-state index is 0.540. The maximum absolute atomic E-state index is 5.50. The van der Waals surface area contributed by atoms with Crippen LogP contribution in [0.4, 0.5) is 0 Å². The molecule has 0 aromatic carbocycles. The van der Waals surface area contributed by atoms with E-state index in [1.807, 2.05) is 0 Å². The van der Waals surface area contributed by atoms with Crippen LogP contribution in [0.2, 0.25) is 0 Å². The predicted molar refractivity (Wildman–Crippen MR) is 73.5 cm³/mol. The fourth-order valence-corrected chi connectivity index (χ4v) is 1.55. The summed E-state index contributed by atoms with van der Waals surface area (Å²) in [6.07, 6.45) is 6.49. The van der Waals surface area contributed by atoms with E-state index in [-0.39, 0.29) is 0 Å². The molecule has 3 heteroatoms. The summed E-state index contributed by atoms with van der Waals surface area (Å²) in [5, 5.41) is 3.31. The molecule has 17 heavy (non-hydrogen) atoms. The van der Waals surface area contributed by atoms with E-state index in [1.165, 1.54) is 32.1 Å². The highest BCUT2D eigenvalue weighted by Gasteiger charge is 1.93. The van der Waals surface area contributed by atoms with Crippen molar-refractivity contribution in [2.24, 2.45) is 0 Å². The highest BCUT2D eigenvalue weighted by molar-refractivity contribution is 4.50. The number of ether oxygens (including phenoxy) is 2. The van der Waals surface area contributed by atoms with Gasteiger partial charge in [-0.15, -0.1) is 0 Å². The molecule has 0 amide bonds. The molecule has 0 spiro atoms. The zero-order valence-electron chi connectivity index (χ0n) is 12.0. The van der Waals surface area contributed by atoms with Crippen molar-refractivity contribution in [3.8, 4) is 0 Å². The van der Waals surface area contributed by atoms with Gasteiger partial charge in [-0.3, -0.25) is 0 Å². The largest absolute Gasteiger partial charge is 0.379 e. The lowest BCUT2D eigenvalue weighted by Gasteiger charge is -2.08. The highest BCUT2D eigenvalue weighted by atomic mass is 16.5. The van der Waals surface area contributed by atoms with Crippen LogP contribution in [0.1, 0.15) is 52.9 Å². The van der Waals surface area contributed by atoms with Crippen LogP contribution < -0.4 is 5.32 Å². The van der Waals surface area contributed by atoms with Crippen LogP contribution in [0.3, 0.4) is 0 Å². The Labute approximate surface area is 107 Å². The van der Waals surface area contributed by atoms with Gasteiger partial charge in [0, 0.05) is 19.2 Å².